The zero-order chi connectivity index (χ0) is 16.8. The SMILES string of the molecule is CC1CC(C)CN(CCCNC(=O)c2ccc(N(C)C)nc2)C1. The molecule has 1 aliphatic heterocycles. The van der Waals surface area contributed by atoms with E-state index in [0.29, 0.717) is 12.1 Å². The van der Waals surface area contributed by atoms with Crippen molar-refractivity contribution >= 4 is 11.7 Å². The van der Waals surface area contributed by atoms with Gasteiger partial charge in [-0.3, -0.25) is 4.79 Å². The first-order valence-electron chi connectivity index (χ1n) is 8.59. The summed E-state index contributed by atoms with van der Waals surface area (Å²) in [6.07, 6.45) is 3.97. The number of likely N-dealkylation sites (tertiary alicyclic amines) is 1. The Morgan fingerprint density at radius 2 is 2.00 bits per heavy atom. The molecule has 0 aliphatic carbocycles. The van der Waals surface area contributed by atoms with Crippen LogP contribution in [0.1, 0.15) is 37.0 Å². The molecule has 2 atom stereocenters. The Bertz CT molecular complexity index is 490. The first kappa shape index (κ1) is 17.7. The Morgan fingerprint density at radius 3 is 2.57 bits per heavy atom. The van der Waals surface area contributed by atoms with Crippen molar-refractivity contribution in [3.8, 4) is 0 Å². The standard InChI is InChI=1S/C18H30N4O/c1-14-10-15(2)13-22(12-14)9-5-8-19-18(23)16-6-7-17(20-11-16)21(3)4/h6-7,11,14-15H,5,8-10,12-13H2,1-4H3,(H,19,23). The van der Waals surface area contributed by atoms with Crippen LogP contribution in [0.15, 0.2) is 18.3 Å². The van der Waals surface area contributed by atoms with Gasteiger partial charge in [0.05, 0.1) is 5.56 Å². The van der Waals surface area contributed by atoms with Crippen LogP contribution in [0.3, 0.4) is 0 Å². The van der Waals surface area contributed by atoms with Crippen LogP contribution in [0, 0.1) is 11.8 Å². The molecule has 2 rings (SSSR count). The van der Waals surface area contributed by atoms with E-state index in [2.05, 4.69) is 29.0 Å². The summed E-state index contributed by atoms with van der Waals surface area (Å²) in [7, 11) is 3.87. The summed E-state index contributed by atoms with van der Waals surface area (Å²) in [6, 6.07) is 3.69. The summed E-state index contributed by atoms with van der Waals surface area (Å²) in [5.74, 6) is 2.39. The van der Waals surface area contributed by atoms with E-state index in [1.807, 2.05) is 31.1 Å². The van der Waals surface area contributed by atoms with Crippen molar-refractivity contribution in [2.45, 2.75) is 26.7 Å². The quantitative estimate of drug-likeness (QED) is 0.817. The Labute approximate surface area is 140 Å². The molecule has 5 heteroatoms. The zero-order valence-electron chi connectivity index (χ0n) is 14.9. The second-order valence-corrected chi connectivity index (χ2v) is 7.11. The van der Waals surface area contributed by atoms with Crippen molar-refractivity contribution in [1.82, 2.24) is 15.2 Å². The van der Waals surface area contributed by atoms with Gasteiger partial charge in [-0.25, -0.2) is 4.98 Å². The molecule has 128 valence electrons. The van der Waals surface area contributed by atoms with Gasteiger partial charge < -0.3 is 15.1 Å². The average Bonchev–Trinajstić information content (AvgIpc) is 2.50. The number of anilines is 1. The Kier molecular flexibility index (Phi) is 6.39. The molecule has 1 amide bonds. The van der Waals surface area contributed by atoms with Crippen molar-refractivity contribution in [3.05, 3.63) is 23.9 Å². The molecule has 0 spiro atoms. The number of hydrogen-bond acceptors (Lipinski definition) is 4. The Balaban J connectivity index is 1.70. The molecule has 1 N–H and O–H groups in total. The van der Waals surface area contributed by atoms with Crippen LogP contribution in [-0.2, 0) is 0 Å². The predicted octanol–water partition coefficient (Wildman–Crippen LogP) is 2.25. The summed E-state index contributed by atoms with van der Waals surface area (Å²) >= 11 is 0. The van der Waals surface area contributed by atoms with Crippen LogP contribution in [0.2, 0.25) is 0 Å². The van der Waals surface area contributed by atoms with Crippen molar-refractivity contribution < 1.29 is 4.79 Å². The third-order valence-corrected chi connectivity index (χ3v) is 4.35. The lowest BCUT2D eigenvalue weighted by Crippen LogP contribution is -2.40. The first-order valence-corrected chi connectivity index (χ1v) is 8.59. The number of aromatic nitrogens is 1. The van der Waals surface area contributed by atoms with Crippen LogP contribution in [0.5, 0.6) is 0 Å². The highest BCUT2D eigenvalue weighted by atomic mass is 16.1. The minimum atomic E-state index is -0.0387. The van der Waals surface area contributed by atoms with Gasteiger partial charge in [0.1, 0.15) is 5.82 Å². The van der Waals surface area contributed by atoms with Crippen molar-refractivity contribution in [2.24, 2.45) is 11.8 Å². The number of carbonyl (C=O) groups is 1. The maximum atomic E-state index is 12.1. The molecule has 1 saturated heterocycles. The van der Waals surface area contributed by atoms with Gasteiger partial charge in [-0.2, -0.15) is 0 Å². The van der Waals surface area contributed by atoms with Gasteiger partial charge in [-0.15, -0.1) is 0 Å². The fourth-order valence-electron chi connectivity index (χ4n) is 3.37. The fourth-order valence-corrected chi connectivity index (χ4v) is 3.37. The number of piperidine rings is 1. The molecule has 1 aromatic rings. The van der Waals surface area contributed by atoms with E-state index in [0.717, 1.165) is 30.6 Å². The molecule has 0 aromatic carbocycles. The second-order valence-electron chi connectivity index (χ2n) is 7.11. The smallest absolute Gasteiger partial charge is 0.252 e. The van der Waals surface area contributed by atoms with E-state index in [-0.39, 0.29) is 5.91 Å². The molecule has 0 saturated carbocycles. The van der Waals surface area contributed by atoms with Crippen LogP contribution in [0.4, 0.5) is 5.82 Å². The summed E-state index contributed by atoms with van der Waals surface area (Å²) in [5.41, 5.74) is 0.621. The third-order valence-electron chi connectivity index (χ3n) is 4.35. The van der Waals surface area contributed by atoms with Crippen molar-refractivity contribution in [2.75, 3.05) is 45.2 Å². The Hall–Kier alpha value is -1.62. The fraction of sp³-hybridized carbons (Fsp3) is 0.667. The first-order chi connectivity index (χ1) is 11.0. The molecule has 1 fully saturated rings. The number of rotatable bonds is 6. The lowest BCUT2D eigenvalue weighted by atomic mass is 9.92. The van der Waals surface area contributed by atoms with E-state index in [4.69, 9.17) is 0 Å². The lowest BCUT2D eigenvalue weighted by molar-refractivity contribution is 0.0947. The summed E-state index contributed by atoms with van der Waals surface area (Å²) in [6.45, 7) is 8.81. The molecular weight excluding hydrogens is 288 g/mol. The molecule has 1 aromatic heterocycles. The van der Waals surface area contributed by atoms with E-state index >= 15 is 0 Å². The van der Waals surface area contributed by atoms with E-state index < -0.39 is 0 Å². The molecule has 23 heavy (non-hydrogen) atoms. The average molecular weight is 318 g/mol. The van der Waals surface area contributed by atoms with Crippen LogP contribution in [0.25, 0.3) is 0 Å². The summed E-state index contributed by atoms with van der Waals surface area (Å²) in [4.78, 5) is 20.8. The number of pyridine rings is 1. The minimum Gasteiger partial charge on any atom is -0.363 e. The number of nitrogens with one attached hydrogen (secondary N) is 1. The third kappa shape index (κ3) is 5.50. The van der Waals surface area contributed by atoms with Gasteiger partial charge in [-0.05, 0) is 43.4 Å². The largest absolute Gasteiger partial charge is 0.363 e. The monoisotopic (exact) mass is 318 g/mol. The van der Waals surface area contributed by atoms with Gasteiger partial charge in [0.25, 0.3) is 5.91 Å². The van der Waals surface area contributed by atoms with Crippen LogP contribution >= 0.6 is 0 Å². The van der Waals surface area contributed by atoms with Gasteiger partial charge in [-0.1, -0.05) is 13.8 Å². The van der Waals surface area contributed by atoms with Gasteiger partial charge >= 0.3 is 0 Å². The van der Waals surface area contributed by atoms with E-state index in [1.165, 1.54) is 19.5 Å². The van der Waals surface area contributed by atoms with Gasteiger partial charge in [0, 0.05) is 39.9 Å². The van der Waals surface area contributed by atoms with Crippen molar-refractivity contribution in [1.29, 1.82) is 0 Å². The zero-order valence-corrected chi connectivity index (χ0v) is 14.9. The van der Waals surface area contributed by atoms with Crippen LogP contribution < -0.4 is 10.2 Å². The summed E-state index contributed by atoms with van der Waals surface area (Å²) < 4.78 is 0. The van der Waals surface area contributed by atoms with E-state index in [1.54, 1.807) is 6.20 Å². The molecule has 2 unspecified atom stereocenters. The number of hydrogen-bond donors (Lipinski definition) is 1. The highest BCUT2D eigenvalue weighted by Crippen LogP contribution is 2.20. The van der Waals surface area contributed by atoms with E-state index in [9.17, 15) is 4.79 Å². The number of amides is 1. The molecule has 5 nitrogen and oxygen atoms in total. The molecule has 0 bridgehead atoms. The van der Waals surface area contributed by atoms with Gasteiger partial charge in [0.15, 0.2) is 0 Å². The number of carbonyl (C=O) groups excluding carboxylic acids is 1. The maximum absolute atomic E-state index is 12.1. The Morgan fingerprint density at radius 1 is 1.30 bits per heavy atom. The second kappa shape index (κ2) is 8.29. The molecule has 2 heterocycles. The number of nitrogens with zero attached hydrogens (tertiary/aromatic N) is 3. The topological polar surface area (TPSA) is 48.5 Å². The normalized spacial score (nSPS) is 21.9. The highest BCUT2D eigenvalue weighted by molar-refractivity contribution is 5.94. The van der Waals surface area contributed by atoms with Crippen LogP contribution in [-0.4, -0.2) is 56.1 Å². The molecular formula is C18H30N4O. The molecule has 1 aliphatic rings. The predicted molar refractivity (Wildman–Crippen MR) is 94.9 cm³/mol. The summed E-state index contributed by atoms with van der Waals surface area (Å²) in [5, 5.41) is 2.99. The van der Waals surface area contributed by atoms with Gasteiger partial charge in [0.2, 0.25) is 0 Å². The highest BCUT2D eigenvalue weighted by Gasteiger charge is 2.21. The maximum Gasteiger partial charge on any atom is 0.252 e. The minimum absolute atomic E-state index is 0.0387. The molecule has 0 radical (unpaired) electrons. The van der Waals surface area contributed by atoms with Crippen molar-refractivity contribution in [3.63, 3.8) is 0 Å². The lowest BCUT2D eigenvalue weighted by Gasteiger charge is -2.34.